The minimum absolute atomic E-state index is 0.171. The van der Waals surface area contributed by atoms with Crippen molar-refractivity contribution in [3.8, 4) is 0 Å². The zero-order valence-corrected chi connectivity index (χ0v) is 18.1. The highest BCUT2D eigenvalue weighted by Crippen LogP contribution is 2.43. The molecule has 2 heterocycles. The number of carbonyl (C=O) groups is 1. The lowest BCUT2D eigenvalue weighted by molar-refractivity contribution is -0.139. The van der Waals surface area contributed by atoms with Crippen LogP contribution in [0.1, 0.15) is 44.9 Å². The van der Waals surface area contributed by atoms with Crippen LogP contribution in [0.3, 0.4) is 0 Å². The Hall–Kier alpha value is -1.87. The Morgan fingerprint density at radius 2 is 1.90 bits per heavy atom. The lowest BCUT2D eigenvalue weighted by Gasteiger charge is -2.41. The molecular formula is C21H30FN3O4S. The molecule has 2 aliphatic heterocycles. The second-order valence-electron chi connectivity index (χ2n) is 9.06. The summed E-state index contributed by atoms with van der Waals surface area (Å²) in [6.07, 6.45) is 6.34. The molecule has 30 heavy (non-hydrogen) atoms. The zero-order valence-electron chi connectivity index (χ0n) is 17.3. The maximum atomic E-state index is 14.8. The lowest BCUT2D eigenvalue weighted by Crippen LogP contribution is -2.50. The number of aliphatic hydroxyl groups is 1. The molecule has 1 saturated carbocycles. The van der Waals surface area contributed by atoms with Crippen LogP contribution in [0.2, 0.25) is 0 Å². The van der Waals surface area contributed by atoms with Crippen LogP contribution in [0.4, 0.5) is 15.8 Å². The number of rotatable bonds is 4. The molecule has 166 valence electrons. The summed E-state index contributed by atoms with van der Waals surface area (Å²) in [4.78, 5) is 17.3. The first-order valence-corrected chi connectivity index (χ1v) is 12.6. The summed E-state index contributed by atoms with van der Waals surface area (Å²) in [6.45, 7) is 1.88. The summed E-state index contributed by atoms with van der Waals surface area (Å²) in [5.41, 5.74) is 0.109. The summed E-state index contributed by atoms with van der Waals surface area (Å²) >= 11 is 0. The van der Waals surface area contributed by atoms with E-state index in [9.17, 15) is 22.7 Å². The van der Waals surface area contributed by atoms with Gasteiger partial charge in [0.1, 0.15) is 5.82 Å². The first kappa shape index (κ1) is 21.4. The van der Waals surface area contributed by atoms with Gasteiger partial charge < -0.3 is 14.9 Å². The first-order valence-electron chi connectivity index (χ1n) is 10.7. The molecule has 1 atom stereocenters. The molecule has 7 nitrogen and oxygen atoms in total. The van der Waals surface area contributed by atoms with E-state index in [1.807, 2.05) is 9.80 Å². The Bertz CT molecular complexity index is 917. The van der Waals surface area contributed by atoms with Crippen molar-refractivity contribution in [2.24, 2.45) is 5.41 Å². The van der Waals surface area contributed by atoms with Crippen molar-refractivity contribution in [2.75, 3.05) is 35.5 Å². The van der Waals surface area contributed by atoms with Gasteiger partial charge >= 0.3 is 0 Å². The van der Waals surface area contributed by atoms with E-state index in [0.29, 0.717) is 18.8 Å². The van der Waals surface area contributed by atoms with Crippen LogP contribution in [-0.4, -0.2) is 62.4 Å². The predicted molar refractivity (Wildman–Crippen MR) is 113 cm³/mol. The number of hydrogen-bond acceptors (Lipinski definition) is 5. The third-order valence-electron chi connectivity index (χ3n) is 6.82. The number of amides is 1. The topological polar surface area (TPSA) is 90.0 Å². The molecule has 9 heteroatoms. The Kier molecular flexibility index (Phi) is 5.69. The van der Waals surface area contributed by atoms with Crippen molar-refractivity contribution in [1.82, 2.24) is 4.90 Å². The van der Waals surface area contributed by atoms with E-state index in [0.717, 1.165) is 57.7 Å². The number of halogens is 1. The molecule has 1 amide bonds. The van der Waals surface area contributed by atoms with E-state index in [4.69, 9.17) is 0 Å². The summed E-state index contributed by atoms with van der Waals surface area (Å²) < 4.78 is 39.8. The van der Waals surface area contributed by atoms with Crippen LogP contribution >= 0.6 is 0 Å². The van der Waals surface area contributed by atoms with Crippen LogP contribution < -0.4 is 9.62 Å². The molecule has 4 rings (SSSR count). The SMILES string of the molecule is CS(=O)(=O)Nc1ccc(N2CCC[C@@]3(CCN([C@H]4CC[C@H](O)CC4)C3=O)C2)c(F)c1. The average Bonchev–Trinajstić information content (AvgIpc) is 2.97. The van der Waals surface area contributed by atoms with E-state index in [-0.39, 0.29) is 23.7 Å². The van der Waals surface area contributed by atoms with Crippen molar-refractivity contribution >= 4 is 27.3 Å². The van der Waals surface area contributed by atoms with Gasteiger partial charge in [-0.1, -0.05) is 0 Å². The summed E-state index contributed by atoms with van der Waals surface area (Å²) in [5.74, 6) is -0.325. The Labute approximate surface area is 177 Å². The van der Waals surface area contributed by atoms with Crippen molar-refractivity contribution in [2.45, 2.75) is 57.1 Å². The molecule has 1 spiro atoms. The monoisotopic (exact) mass is 439 g/mol. The van der Waals surface area contributed by atoms with Crippen molar-refractivity contribution in [3.05, 3.63) is 24.0 Å². The number of benzene rings is 1. The number of sulfonamides is 1. The van der Waals surface area contributed by atoms with Gasteiger partial charge in [0.25, 0.3) is 0 Å². The van der Waals surface area contributed by atoms with Crippen LogP contribution in [-0.2, 0) is 14.8 Å². The van der Waals surface area contributed by atoms with E-state index in [2.05, 4.69) is 4.72 Å². The van der Waals surface area contributed by atoms with Gasteiger partial charge in [-0.15, -0.1) is 0 Å². The number of carbonyl (C=O) groups excluding carboxylic acids is 1. The number of hydrogen-bond donors (Lipinski definition) is 2. The minimum Gasteiger partial charge on any atom is -0.393 e. The predicted octanol–water partition coefficient (Wildman–Crippen LogP) is 2.32. The molecule has 0 unspecified atom stereocenters. The second kappa shape index (κ2) is 8.00. The van der Waals surface area contributed by atoms with Gasteiger partial charge in [-0.3, -0.25) is 9.52 Å². The van der Waals surface area contributed by atoms with E-state index in [1.165, 1.54) is 6.07 Å². The highest BCUT2D eigenvalue weighted by Gasteiger charge is 2.50. The molecular weight excluding hydrogens is 409 g/mol. The van der Waals surface area contributed by atoms with E-state index < -0.39 is 21.3 Å². The van der Waals surface area contributed by atoms with Crippen LogP contribution in [0, 0.1) is 11.2 Å². The van der Waals surface area contributed by atoms with Gasteiger partial charge in [0, 0.05) is 31.7 Å². The van der Waals surface area contributed by atoms with Crippen LogP contribution in [0.15, 0.2) is 18.2 Å². The Balaban J connectivity index is 1.49. The smallest absolute Gasteiger partial charge is 0.230 e. The van der Waals surface area contributed by atoms with Crippen molar-refractivity contribution in [3.63, 3.8) is 0 Å². The number of anilines is 2. The number of piperidine rings is 1. The van der Waals surface area contributed by atoms with Gasteiger partial charge in [-0.05, 0) is 57.1 Å². The van der Waals surface area contributed by atoms with E-state index >= 15 is 0 Å². The summed E-state index contributed by atoms with van der Waals surface area (Å²) in [5, 5.41) is 9.76. The van der Waals surface area contributed by atoms with Crippen molar-refractivity contribution in [1.29, 1.82) is 0 Å². The maximum absolute atomic E-state index is 14.8. The molecule has 1 aliphatic carbocycles. The molecule has 2 N–H and O–H groups in total. The number of nitrogens with one attached hydrogen (secondary N) is 1. The fourth-order valence-electron chi connectivity index (χ4n) is 5.32. The molecule has 1 aromatic carbocycles. The van der Waals surface area contributed by atoms with Crippen molar-refractivity contribution < 1.29 is 22.7 Å². The third kappa shape index (κ3) is 4.27. The van der Waals surface area contributed by atoms with Crippen LogP contribution in [0.25, 0.3) is 0 Å². The van der Waals surface area contributed by atoms with Gasteiger partial charge in [-0.25, -0.2) is 12.8 Å². The number of aliphatic hydroxyl groups excluding tert-OH is 1. The molecule has 3 aliphatic rings. The third-order valence-corrected chi connectivity index (χ3v) is 7.43. The molecule has 2 saturated heterocycles. The first-order chi connectivity index (χ1) is 14.2. The van der Waals surface area contributed by atoms with Gasteiger partial charge in [0.15, 0.2) is 0 Å². The fraction of sp³-hybridized carbons (Fsp3) is 0.667. The van der Waals surface area contributed by atoms with E-state index in [1.54, 1.807) is 12.1 Å². The largest absolute Gasteiger partial charge is 0.393 e. The molecule has 0 radical (unpaired) electrons. The Morgan fingerprint density at radius 3 is 2.57 bits per heavy atom. The second-order valence-corrected chi connectivity index (χ2v) is 10.8. The zero-order chi connectivity index (χ0) is 21.5. The molecule has 0 bridgehead atoms. The maximum Gasteiger partial charge on any atom is 0.230 e. The molecule has 0 aromatic heterocycles. The average molecular weight is 440 g/mol. The van der Waals surface area contributed by atoms with Gasteiger partial charge in [0.05, 0.1) is 29.1 Å². The molecule has 3 fully saturated rings. The number of nitrogens with zero attached hydrogens (tertiary/aromatic N) is 2. The highest BCUT2D eigenvalue weighted by atomic mass is 32.2. The minimum atomic E-state index is -3.47. The quantitative estimate of drug-likeness (QED) is 0.752. The Morgan fingerprint density at radius 1 is 1.17 bits per heavy atom. The van der Waals surface area contributed by atoms with Gasteiger partial charge in [0.2, 0.25) is 15.9 Å². The summed E-state index contributed by atoms with van der Waals surface area (Å²) in [7, 11) is -3.47. The fourth-order valence-corrected chi connectivity index (χ4v) is 5.88. The standard InChI is InChI=1S/C21H30FN3O4S/c1-30(28,29)23-15-3-8-19(18(22)13-15)24-11-2-9-21(14-24)10-12-25(20(21)27)16-4-6-17(26)7-5-16/h3,8,13,16-17,23,26H,2,4-7,9-12,14H2,1H3/t16-,17-,21-/m1/s1. The molecule has 1 aromatic rings. The summed E-state index contributed by atoms with van der Waals surface area (Å²) in [6, 6.07) is 4.53. The van der Waals surface area contributed by atoms with Crippen LogP contribution in [0.5, 0.6) is 0 Å². The lowest BCUT2D eigenvalue weighted by atomic mass is 9.78. The number of likely N-dealkylation sites (tertiary alicyclic amines) is 1. The highest BCUT2D eigenvalue weighted by molar-refractivity contribution is 7.92. The normalized spacial score (nSPS) is 30.2. The van der Waals surface area contributed by atoms with Gasteiger partial charge in [-0.2, -0.15) is 0 Å².